The van der Waals surface area contributed by atoms with Gasteiger partial charge in [-0.15, -0.1) is 0 Å². The van der Waals surface area contributed by atoms with Gasteiger partial charge in [0, 0.05) is 44.4 Å². The molecule has 1 aliphatic heterocycles. The third-order valence-electron chi connectivity index (χ3n) is 4.69. The summed E-state index contributed by atoms with van der Waals surface area (Å²) >= 11 is 0. The number of imidazole rings is 1. The van der Waals surface area contributed by atoms with Crippen LogP contribution in [0.15, 0.2) is 49.1 Å². The van der Waals surface area contributed by atoms with E-state index in [-0.39, 0.29) is 6.04 Å². The molecule has 1 N–H and O–H groups in total. The van der Waals surface area contributed by atoms with Gasteiger partial charge in [-0.1, -0.05) is 29.8 Å². The Kier molecular flexibility index (Phi) is 4.63. The van der Waals surface area contributed by atoms with E-state index in [0.29, 0.717) is 0 Å². The molecule has 0 radical (unpaired) electrons. The first-order valence-corrected chi connectivity index (χ1v) is 8.71. The Morgan fingerprint density at radius 2 is 1.96 bits per heavy atom. The van der Waals surface area contributed by atoms with E-state index in [1.54, 1.807) is 12.4 Å². The van der Waals surface area contributed by atoms with Crippen LogP contribution in [-0.4, -0.2) is 52.1 Å². The van der Waals surface area contributed by atoms with Crippen LogP contribution in [0.3, 0.4) is 0 Å². The molecule has 0 amide bonds. The van der Waals surface area contributed by atoms with Crippen molar-refractivity contribution in [3.05, 3.63) is 60.2 Å². The van der Waals surface area contributed by atoms with Crippen molar-refractivity contribution >= 4 is 11.5 Å². The Bertz CT molecular complexity index is 840. The summed E-state index contributed by atoms with van der Waals surface area (Å²) < 4.78 is 7.51. The van der Waals surface area contributed by atoms with E-state index in [9.17, 15) is 0 Å². The second kappa shape index (κ2) is 7.21. The molecule has 25 heavy (non-hydrogen) atoms. The lowest BCUT2D eigenvalue weighted by atomic mass is 10.0. The lowest BCUT2D eigenvalue weighted by Gasteiger charge is -2.35. The molecule has 0 aliphatic carbocycles. The molecule has 1 aliphatic rings. The molecular formula is C19H23N5O. The number of ether oxygens (including phenoxy) is 1. The third kappa shape index (κ3) is 3.50. The Balaban J connectivity index is 1.58. The molecule has 130 valence electrons. The van der Waals surface area contributed by atoms with Gasteiger partial charge >= 0.3 is 0 Å². The summed E-state index contributed by atoms with van der Waals surface area (Å²) in [7, 11) is 0. The minimum Gasteiger partial charge on any atom is -0.379 e. The van der Waals surface area contributed by atoms with Crippen molar-refractivity contribution in [2.75, 3.05) is 38.2 Å². The number of hydrogen-bond acceptors (Lipinski definition) is 5. The van der Waals surface area contributed by atoms with Crippen molar-refractivity contribution in [3.63, 3.8) is 0 Å². The first-order chi connectivity index (χ1) is 12.3. The Morgan fingerprint density at radius 1 is 1.16 bits per heavy atom. The number of aromatic nitrogens is 3. The van der Waals surface area contributed by atoms with Crippen LogP contribution in [0.4, 0.5) is 5.82 Å². The minimum absolute atomic E-state index is 0.279. The van der Waals surface area contributed by atoms with Gasteiger partial charge in [0.1, 0.15) is 0 Å². The van der Waals surface area contributed by atoms with Gasteiger partial charge in [-0.05, 0) is 12.5 Å². The van der Waals surface area contributed by atoms with Crippen LogP contribution in [0, 0.1) is 6.92 Å². The van der Waals surface area contributed by atoms with E-state index in [2.05, 4.69) is 51.4 Å². The maximum absolute atomic E-state index is 5.53. The topological polar surface area (TPSA) is 54.7 Å². The molecule has 1 aromatic carbocycles. The third-order valence-corrected chi connectivity index (χ3v) is 4.69. The first kappa shape index (κ1) is 16.1. The molecule has 0 bridgehead atoms. The monoisotopic (exact) mass is 337 g/mol. The molecule has 4 rings (SSSR count). The van der Waals surface area contributed by atoms with Crippen molar-refractivity contribution in [1.29, 1.82) is 0 Å². The van der Waals surface area contributed by atoms with E-state index >= 15 is 0 Å². The minimum atomic E-state index is 0.279. The smallest absolute Gasteiger partial charge is 0.180 e. The van der Waals surface area contributed by atoms with E-state index in [0.717, 1.165) is 44.3 Å². The number of nitrogens with one attached hydrogen (secondary N) is 1. The van der Waals surface area contributed by atoms with Crippen molar-refractivity contribution in [3.8, 4) is 0 Å². The fourth-order valence-corrected chi connectivity index (χ4v) is 3.40. The summed E-state index contributed by atoms with van der Waals surface area (Å²) in [6.45, 7) is 6.39. The maximum Gasteiger partial charge on any atom is 0.180 e. The molecular weight excluding hydrogens is 314 g/mol. The van der Waals surface area contributed by atoms with Crippen LogP contribution in [0.25, 0.3) is 5.65 Å². The van der Waals surface area contributed by atoms with E-state index in [1.807, 2.05) is 16.8 Å². The lowest BCUT2D eigenvalue weighted by molar-refractivity contribution is 0.0187. The van der Waals surface area contributed by atoms with Crippen molar-refractivity contribution in [2.24, 2.45) is 0 Å². The van der Waals surface area contributed by atoms with Crippen molar-refractivity contribution in [1.82, 2.24) is 19.3 Å². The van der Waals surface area contributed by atoms with Crippen LogP contribution in [-0.2, 0) is 4.74 Å². The van der Waals surface area contributed by atoms with E-state index in [4.69, 9.17) is 4.74 Å². The number of morpholine rings is 1. The molecule has 6 nitrogen and oxygen atoms in total. The summed E-state index contributed by atoms with van der Waals surface area (Å²) in [5.74, 6) is 0.818. The molecule has 0 saturated carbocycles. The normalized spacial score (nSPS) is 16.8. The molecule has 3 heterocycles. The fraction of sp³-hybridized carbons (Fsp3) is 0.368. The summed E-state index contributed by atoms with van der Waals surface area (Å²) in [5.41, 5.74) is 3.46. The maximum atomic E-state index is 5.53. The summed E-state index contributed by atoms with van der Waals surface area (Å²) in [5, 5.41) is 3.51. The number of fused-ring (bicyclic) bond motifs is 1. The van der Waals surface area contributed by atoms with Crippen LogP contribution in [0.5, 0.6) is 0 Å². The van der Waals surface area contributed by atoms with Gasteiger partial charge in [0.05, 0.1) is 19.3 Å². The van der Waals surface area contributed by atoms with Gasteiger partial charge in [-0.3, -0.25) is 4.90 Å². The number of aryl methyl sites for hydroxylation is 1. The van der Waals surface area contributed by atoms with Crippen molar-refractivity contribution in [2.45, 2.75) is 13.0 Å². The zero-order valence-corrected chi connectivity index (χ0v) is 14.4. The van der Waals surface area contributed by atoms with Gasteiger partial charge < -0.3 is 14.5 Å². The number of rotatable bonds is 5. The highest BCUT2D eigenvalue weighted by molar-refractivity contribution is 5.62. The zero-order chi connectivity index (χ0) is 17.1. The standard InChI is InChI=1S/C19H23N5O/c1-15-3-2-4-16(13-15)17(23-9-11-25-12-10-23)14-22-18-19-21-6-8-24(19)7-5-20-18/h2-8,13,17H,9-12,14H2,1H3,(H,20,22). The first-order valence-electron chi connectivity index (χ1n) is 8.71. The summed E-state index contributed by atoms with van der Waals surface area (Å²) in [6.07, 6.45) is 7.44. The average molecular weight is 337 g/mol. The number of nitrogens with zero attached hydrogens (tertiary/aromatic N) is 4. The Hall–Kier alpha value is -2.44. The SMILES string of the molecule is Cc1cccc(C(CNc2nccn3ccnc23)N2CCOCC2)c1. The predicted octanol–water partition coefficient (Wildman–Crippen LogP) is 2.52. The molecule has 1 saturated heterocycles. The van der Waals surface area contributed by atoms with Gasteiger partial charge in [0.2, 0.25) is 0 Å². The van der Waals surface area contributed by atoms with Gasteiger partial charge in [0.15, 0.2) is 11.5 Å². The summed E-state index contributed by atoms with van der Waals surface area (Å²) in [4.78, 5) is 11.4. The van der Waals surface area contributed by atoms with Crippen LogP contribution < -0.4 is 5.32 Å². The van der Waals surface area contributed by atoms with E-state index in [1.165, 1.54) is 11.1 Å². The molecule has 3 aromatic rings. The molecule has 0 spiro atoms. The molecule has 6 heteroatoms. The Morgan fingerprint density at radius 3 is 2.76 bits per heavy atom. The molecule has 1 atom stereocenters. The van der Waals surface area contributed by atoms with Gasteiger partial charge in [-0.25, -0.2) is 9.97 Å². The lowest BCUT2D eigenvalue weighted by Crippen LogP contribution is -2.41. The zero-order valence-electron chi connectivity index (χ0n) is 14.4. The average Bonchev–Trinajstić information content (AvgIpc) is 3.12. The predicted molar refractivity (Wildman–Crippen MR) is 97.8 cm³/mol. The molecule has 2 aromatic heterocycles. The Labute approximate surface area is 147 Å². The number of hydrogen-bond donors (Lipinski definition) is 1. The van der Waals surface area contributed by atoms with Crippen LogP contribution in [0.2, 0.25) is 0 Å². The van der Waals surface area contributed by atoms with Crippen molar-refractivity contribution < 1.29 is 4.74 Å². The largest absolute Gasteiger partial charge is 0.379 e. The highest BCUT2D eigenvalue weighted by atomic mass is 16.5. The second-order valence-electron chi connectivity index (χ2n) is 6.39. The van der Waals surface area contributed by atoms with Crippen LogP contribution >= 0.6 is 0 Å². The van der Waals surface area contributed by atoms with Gasteiger partial charge in [0.25, 0.3) is 0 Å². The molecule has 1 fully saturated rings. The summed E-state index contributed by atoms with van der Waals surface area (Å²) in [6, 6.07) is 9.02. The fourth-order valence-electron chi connectivity index (χ4n) is 3.40. The van der Waals surface area contributed by atoms with Gasteiger partial charge in [-0.2, -0.15) is 0 Å². The highest BCUT2D eigenvalue weighted by Crippen LogP contribution is 2.24. The highest BCUT2D eigenvalue weighted by Gasteiger charge is 2.23. The van der Waals surface area contributed by atoms with Crippen LogP contribution in [0.1, 0.15) is 17.2 Å². The number of anilines is 1. The quantitative estimate of drug-likeness (QED) is 0.775. The second-order valence-corrected chi connectivity index (χ2v) is 6.39. The number of benzene rings is 1. The molecule has 1 unspecified atom stereocenters. The van der Waals surface area contributed by atoms with E-state index < -0.39 is 0 Å².